The van der Waals surface area contributed by atoms with Crippen molar-refractivity contribution in [2.45, 2.75) is 52.2 Å². The van der Waals surface area contributed by atoms with Crippen LogP contribution in [0.3, 0.4) is 0 Å². The number of nitriles is 1. The number of hydrogen-bond acceptors (Lipinski definition) is 3. The Hall–Kier alpha value is -1.80. The Morgan fingerprint density at radius 2 is 2.24 bits per heavy atom. The van der Waals surface area contributed by atoms with Crippen LogP contribution in [0.5, 0.6) is 0 Å². The molecule has 5 heteroatoms. The summed E-state index contributed by atoms with van der Waals surface area (Å²) in [5, 5.41) is 11.9. The summed E-state index contributed by atoms with van der Waals surface area (Å²) in [5.41, 5.74) is 0.322. The van der Waals surface area contributed by atoms with E-state index in [0.717, 1.165) is 0 Å². The zero-order chi connectivity index (χ0) is 15.6. The first kappa shape index (κ1) is 15.6. The van der Waals surface area contributed by atoms with Gasteiger partial charge < -0.3 is 14.6 Å². The monoisotopic (exact) mass is 289 g/mol. The smallest absolute Gasteiger partial charge is 0.254 e. The van der Waals surface area contributed by atoms with Crippen LogP contribution in [0.25, 0.3) is 0 Å². The summed E-state index contributed by atoms with van der Waals surface area (Å²) in [6.45, 7) is 8.48. The molecule has 1 aliphatic carbocycles. The molecule has 114 valence electrons. The van der Waals surface area contributed by atoms with Gasteiger partial charge in [-0.25, -0.2) is 0 Å². The molecular formula is C16H23N3O2. The number of aromatic nitrogens is 1. The summed E-state index contributed by atoms with van der Waals surface area (Å²) < 4.78 is 7.47. The summed E-state index contributed by atoms with van der Waals surface area (Å²) in [6, 6.07) is 3.80. The molecule has 1 aromatic rings. The largest absolute Gasteiger partial charge is 0.368 e. The van der Waals surface area contributed by atoms with Gasteiger partial charge in [-0.3, -0.25) is 4.79 Å². The van der Waals surface area contributed by atoms with Gasteiger partial charge in [0, 0.05) is 11.7 Å². The molecule has 1 aromatic heterocycles. The lowest BCUT2D eigenvalue weighted by Gasteiger charge is -2.25. The zero-order valence-corrected chi connectivity index (χ0v) is 13.1. The van der Waals surface area contributed by atoms with Crippen molar-refractivity contribution in [3.05, 3.63) is 17.8 Å². The van der Waals surface area contributed by atoms with Gasteiger partial charge in [-0.15, -0.1) is 0 Å². The Balaban J connectivity index is 2.05. The van der Waals surface area contributed by atoms with Crippen LogP contribution in [0.2, 0.25) is 0 Å². The molecule has 0 radical (unpaired) electrons. The van der Waals surface area contributed by atoms with Gasteiger partial charge in [-0.2, -0.15) is 5.26 Å². The highest BCUT2D eigenvalue weighted by molar-refractivity contribution is 5.93. The van der Waals surface area contributed by atoms with Gasteiger partial charge in [-0.1, -0.05) is 0 Å². The van der Waals surface area contributed by atoms with E-state index in [9.17, 15) is 4.79 Å². The molecule has 2 rings (SSSR count). The maximum absolute atomic E-state index is 12.2. The van der Waals surface area contributed by atoms with Crippen LogP contribution in [0, 0.1) is 17.2 Å². The number of nitrogens with zero attached hydrogens (tertiary/aromatic N) is 2. The van der Waals surface area contributed by atoms with Crippen molar-refractivity contribution in [3.8, 4) is 6.07 Å². The van der Waals surface area contributed by atoms with Crippen molar-refractivity contribution >= 4 is 11.7 Å². The average molecular weight is 289 g/mol. The Bertz CT molecular complexity index is 559. The van der Waals surface area contributed by atoms with Gasteiger partial charge >= 0.3 is 0 Å². The number of nitrogens with one attached hydrogen (secondary N) is 1. The molecule has 1 saturated carbocycles. The van der Waals surface area contributed by atoms with Gasteiger partial charge in [0.1, 0.15) is 18.0 Å². The van der Waals surface area contributed by atoms with Crippen molar-refractivity contribution < 1.29 is 9.53 Å². The number of anilines is 1. The Morgan fingerprint density at radius 1 is 1.57 bits per heavy atom. The number of carbonyl (C=O) groups excluding carboxylic acids is 1. The number of rotatable bonds is 5. The number of hydrogen-bond donors (Lipinski definition) is 1. The normalized spacial score (nSPS) is 16.3. The molecule has 0 bridgehead atoms. The van der Waals surface area contributed by atoms with Gasteiger partial charge in [0.05, 0.1) is 12.2 Å². The molecule has 1 amide bonds. The molecule has 0 saturated heterocycles. The number of ether oxygens (including phenoxy) is 1. The third-order valence-electron chi connectivity index (χ3n) is 3.57. The first-order chi connectivity index (χ1) is 9.81. The Labute approximate surface area is 125 Å². The molecule has 1 fully saturated rings. The van der Waals surface area contributed by atoms with E-state index in [1.807, 2.05) is 25.3 Å². The van der Waals surface area contributed by atoms with E-state index in [1.54, 1.807) is 19.2 Å². The predicted octanol–water partition coefficient (Wildman–Crippen LogP) is 2.87. The molecule has 0 spiro atoms. The fraction of sp³-hybridized carbons (Fsp3) is 0.625. The molecular weight excluding hydrogens is 266 g/mol. The van der Waals surface area contributed by atoms with Crippen LogP contribution < -0.4 is 5.32 Å². The van der Waals surface area contributed by atoms with Crippen LogP contribution >= 0.6 is 0 Å². The Morgan fingerprint density at radius 3 is 2.76 bits per heavy atom. The molecule has 1 heterocycles. The second-order valence-electron chi connectivity index (χ2n) is 6.67. The minimum Gasteiger partial charge on any atom is -0.368 e. The van der Waals surface area contributed by atoms with Crippen LogP contribution in [0.4, 0.5) is 5.82 Å². The highest BCUT2D eigenvalue weighted by Gasteiger charge is 2.25. The summed E-state index contributed by atoms with van der Waals surface area (Å²) in [7, 11) is 0. The van der Waals surface area contributed by atoms with E-state index in [-0.39, 0.29) is 11.4 Å². The standard InChI is InChI=1S/C16H23N3O2/c1-11(21-10-12-5-6-12)15(20)18-14-7-13(8-17)9-19(14)16(2,3)4/h7,9,11-12H,5-6,10H2,1-4H3,(H,18,20). The maximum Gasteiger partial charge on any atom is 0.254 e. The lowest BCUT2D eigenvalue weighted by Crippen LogP contribution is -2.31. The van der Waals surface area contributed by atoms with E-state index in [4.69, 9.17) is 10.00 Å². The second-order valence-corrected chi connectivity index (χ2v) is 6.67. The fourth-order valence-electron chi connectivity index (χ4n) is 2.04. The minimum absolute atomic E-state index is 0.177. The summed E-state index contributed by atoms with van der Waals surface area (Å²) in [6.07, 6.45) is 3.67. The van der Waals surface area contributed by atoms with Gasteiger partial charge in [0.2, 0.25) is 0 Å². The van der Waals surface area contributed by atoms with Crippen molar-refractivity contribution in [2.75, 3.05) is 11.9 Å². The topological polar surface area (TPSA) is 67.0 Å². The summed E-state index contributed by atoms with van der Waals surface area (Å²) in [4.78, 5) is 12.2. The third kappa shape index (κ3) is 4.08. The SMILES string of the molecule is CC(OCC1CC1)C(=O)Nc1cc(C#N)cn1C(C)(C)C. The van der Waals surface area contributed by atoms with Crippen LogP contribution in [0.1, 0.15) is 46.1 Å². The number of amides is 1. The van der Waals surface area contributed by atoms with E-state index >= 15 is 0 Å². The highest BCUT2D eigenvalue weighted by atomic mass is 16.5. The molecule has 1 N–H and O–H groups in total. The van der Waals surface area contributed by atoms with E-state index in [0.29, 0.717) is 23.9 Å². The van der Waals surface area contributed by atoms with Crippen LogP contribution in [-0.4, -0.2) is 23.2 Å². The first-order valence-corrected chi connectivity index (χ1v) is 7.36. The molecule has 21 heavy (non-hydrogen) atoms. The highest BCUT2D eigenvalue weighted by Crippen LogP contribution is 2.29. The van der Waals surface area contributed by atoms with Gasteiger partial charge in [-0.05, 0) is 52.5 Å². The predicted molar refractivity (Wildman–Crippen MR) is 80.9 cm³/mol. The van der Waals surface area contributed by atoms with E-state index < -0.39 is 6.10 Å². The van der Waals surface area contributed by atoms with Crippen molar-refractivity contribution in [3.63, 3.8) is 0 Å². The summed E-state index contributed by atoms with van der Waals surface area (Å²) >= 11 is 0. The molecule has 1 unspecified atom stereocenters. The fourth-order valence-corrected chi connectivity index (χ4v) is 2.04. The van der Waals surface area contributed by atoms with Crippen molar-refractivity contribution in [2.24, 2.45) is 5.92 Å². The number of carbonyl (C=O) groups is 1. The lowest BCUT2D eigenvalue weighted by molar-refractivity contribution is -0.126. The van der Waals surface area contributed by atoms with Crippen molar-refractivity contribution in [1.82, 2.24) is 4.57 Å². The van der Waals surface area contributed by atoms with Crippen LogP contribution in [-0.2, 0) is 15.1 Å². The van der Waals surface area contributed by atoms with Crippen molar-refractivity contribution in [1.29, 1.82) is 5.26 Å². The molecule has 0 aliphatic heterocycles. The first-order valence-electron chi connectivity index (χ1n) is 7.36. The molecule has 0 aromatic carbocycles. The third-order valence-corrected chi connectivity index (χ3v) is 3.57. The van der Waals surface area contributed by atoms with E-state index in [1.165, 1.54) is 12.8 Å². The second kappa shape index (κ2) is 5.90. The minimum atomic E-state index is -0.487. The summed E-state index contributed by atoms with van der Waals surface area (Å²) in [5.74, 6) is 1.08. The van der Waals surface area contributed by atoms with Gasteiger partial charge in [0.25, 0.3) is 5.91 Å². The van der Waals surface area contributed by atoms with Crippen LogP contribution in [0.15, 0.2) is 12.3 Å². The quantitative estimate of drug-likeness (QED) is 0.906. The lowest BCUT2D eigenvalue weighted by atomic mass is 10.1. The maximum atomic E-state index is 12.2. The zero-order valence-electron chi connectivity index (χ0n) is 13.1. The van der Waals surface area contributed by atoms with E-state index in [2.05, 4.69) is 11.4 Å². The molecule has 5 nitrogen and oxygen atoms in total. The average Bonchev–Trinajstić information content (AvgIpc) is 3.14. The molecule has 1 atom stereocenters. The molecule has 1 aliphatic rings. The van der Waals surface area contributed by atoms with Gasteiger partial charge in [0.15, 0.2) is 0 Å². The Kier molecular flexibility index (Phi) is 4.38.